The van der Waals surface area contributed by atoms with E-state index >= 15 is 0 Å². The van der Waals surface area contributed by atoms with Gasteiger partial charge in [0.05, 0.1) is 6.61 Å². The molecule has 2 aliphatic rings. The predicted octanol–water partition coefficient (Wildman–Crippen LogP) is 1.41. The monoisotopic (exact) mass is 254 g/mol. The molecule has 0 heterocycles. The first-order chi connectivity index (χ1) is 8.64. The Labute approximate surface area is 110 Å². The predicted molar refractivity (Wildman–Crippen MR) is 71.1 cm³/mol. The zero-order valence-electron chi connectivity index (χ0n) is 11.2. The normalized spacial score (nSPS) is 23.4. The van der Waals surface area contributed by atoms with Gasteiger partial charge in [-0.05, 0) is 25.7 Å². The molecule has 3 N–H and O–H groups in total. The van der Waals surface area contributed by atoms with Gasteiger partial charge in [0.1, 0.15) is 0 Å². The average Bonchev–Trinajstić information content (AvgIpc) is 2.97. The first-order valence-electron chi connectivity index (χ1n) is 7.34. The summed E-state index contributed by atoms with van der Waals surface area (Å²) in [6.45, 7) is 0.527. The Morgan fingerprint density at radius 3 is 2.39 bits per heavy atom. The van der Waals surface area contributed by atoms with Crippen molar-refractivity contribution in [2.24, 2.45) is 5.73 Å². The van der Waals surface area contributed by atoms with Gasteiger partial charge in [-0.1, -0.05) is 25.7 Å². The van der Waals surface area contributed by atoms with Gasteiger partial charge in [-0.25, -0.2) is 0 Å². The van der Waals surface area contributed by atoms with E-state index in [1.54, 1.807) is 0 Å². The van der Waals surface area contributed by atoms with E-state index in [1.165, 1.54) is 12.8 Å². The zero-order valence-corrected chi connectivity index (χ0v) is 11.2. The first-order valence-corrected chi connectivity index (χ1v) is 7.34. The molecule has 4 heteroatoms. The third-order valence-electron chi connectivity index (χ3n) is 4.53. The van der Waals surface area contributed by atoms with Crippen molar-refractivity contribution in [1.29, 1.82) is 0 Å². The SMILES string of the molecule is NC1(CC(=O)N(CCO)C2CCCC2)CCCC1. The minimum atomic E-state index is -0.274. The van der Waals surface area contributed by atoms with E-state index in [9.17, 15) is 4.79 Å². The first kappa shape index (κ1) is 13.8. The Kier molecular flexibility index (Phi) is 4.62. The second-order valence-corrected chi connectivity index (χ2v) is 6.00. The minimum Gasteiger partial charge on any atom is -0.395 e. The number of amides is 1. The molecular formula is C14H26N2O2. The summed E-state index contributed by atoms with van der Waals surface area (Å²) in [5, 5.41) is 9.15. The molecular weight excluding hydrogens is 228 g/mol. The summed E-state index contributed by atoms with van der Waals surface area (Å²) in [6, 6.07) is 0.342. The lowest BCUT2D eigenvalue weighted by molar-refractivity contribution is -0.135. The summed E-state index contributed by atoms with van der Waals surface area (Å²) >= 11 is 0. The molecule has 2 saturated carbocycles. The Balaban J connectivity index is 1.94. The number of aliphatic hydroxyl groups excluding tert-OH is 1. The van der Waals surface area contributed by atoms with Crippen LogP contribution in [-0.4, -0.2) is 40.6 Å². The van der Waals surface area contributed by atoms with Crippen molar-refractivity contribution in [3.8, 4) is 0 Å². The maximum atomic E-state index is 12.4. The summed E-state index contributed by atoms with van der Waals surface area (Å²) in [5.74, 6) is 0.153. The van der Waals surface area contributed by atoms with Crippen LogP contribution in [0.4, 0.5) is 0 Å². The molecule has 2 fully saturated rings. The lowest BCUT2D eigenvalue weighted by atomic mass is 9.93. The standard InChI is InChI=1S/C14H26N2O2/c15-14(7-3-4-8-14)11-13(18)16(9-10-17)12-5-1-2-6-12/h12,17H,1-11,15H2. The van der Waals surface area contributed by atoms with Crippen molar-refractivity contribution >= 4 is 5.91 Å². The molecule has 0 radical (unpaired) electrons. The second kappa shape index (κ2) is 6.02. The van der Waals surface area contributed by atoms with Crippen LogP contribution in [0.5, 0.6) is 0 Å². The van der Waals surface area contributed by atoms with E-state index < -0.39 is 0 Å². The number of hydrogen-bond donors (Lipinski definition) is 2. The number of carbonyl (C=O) groups is 1. The summed E-state index contributed by atoms with van der Waals surface area (Å²) in [6.07, 6.45) is 9.27. The number of carbonyl (C=O) groups excluding carboxylic acids is 1. The molecule has 0 atom stereocenters. The highest BCUT2D eigenvalue weighted by molar-refractivity contribution is 5.78. The molecule has 0 bridgehead atoms. The van der Waals surface area contributed by atoms with E-state index in [-0.39, 0.29) is 18.1 Å². The van der Waals surface area contributed by atoms with Crippen LogP contribution in [0.2, 0.25) is 0 Å². The van der Waals surface area contributed by atoms with Gasteiger partial charge in [0.25, 0.3) is 0 Å². The summed E-state index contributed by atoms with van der Waals surface area (Å²) in [4.78, 5) is 14.3. The fourth-order valence-electron chi connectivity index (χ4n) is 3.49. The van der Waals surface area contributed by atoms with Crippen LogP contribution < -0.4 is 5.73 Å². The van der Waals surface area contributed by atoms with Crippen LogP contribution in [-0.2, 0) is 4.79 Å². The smallest absolute Gasteiger partial charge is 0.224 e. The summed E-state index contributed by atoms with van der Waals surface area (Å²) in [7, 11) is 0. The molecule has 1 amide bonds. The third-order valence-corrected chi connectivity index (χ3v) is 4.53. The van der Waals surface area contributed by atoms with Crippen molar-refractivity contribution in [3.05, 3.63) is 0 Å². The fourth-order valence-corrected chi connectivity index (χ4v) is 3.49. The van der Waals surface area contributed by atoms with Crippen LogP contribution in [0.15, 0.2) is 0 Å². The fraction of sp³-hybridized carbons (Fsp3) is 0.929. The van der Waals surface area contributed by atoms with Crippen LogP contribution in [0.3, 0.4) is 0 Å². The highest BCUT2D eigenvalue weighted by Gasteiger charge is 2.35. The highest BCUT2D eigenvalue weighted by Crippen LogP contribution is 2.32. The van der Waals surface area contributed by atoms with Crippen molar-refractivity contribution in [1.82, 2.24) is 4.90 Å². The third kappa shape index (κ3) is 3.23. The van der Waals surface area contributed by atoms with Crippen LogP contribution in [0, 0.1) is 0 Å². The molecule has 18 heavy (non-hydrogen) atoms. The Bertz CT molecular complexity index is 282. The van der Waals surface area contributed by atoms with Crippen LogP contribution >= 0.6 is 0 Å². The lowest BCUT2D eigenvalue weighted by Gasteiger charge is -2.32. The van der Waals surface area contributed by atoms with Gasteiger partial charge in [-0.15, -0.1) is 0 Å². The second-order valence-electron chi connectivity index (χ2n) is 6.00. The molecule has 104 valence electrons. The molecule has 0 saturated heterocycles. The molecule has 0 spiro atoms. The number of rotatable bonds is 5. The van der Waals surface area contributed by atoms with Crippen molar-refractivity contribution in [2.75, 3.05) is 13.2 Å². The van der Waals surface area contributed by atoms with Gasteiger partial charge in [0.15, 0.2) is 0 Å². The summed E-state index contributed by atoms with van der Waals surface area (Å²) < 4.78 is 0. The Morgan fingerprint density at radius 2 is 1.83 bits per heavy atom. The van der Waals surface area contributed by atoms with Crippen molar-refractivity contribution < 1.29 is 9.90 Å². The molecule has 0 unspecified atom stereocenters. The molecule has 4 nitrogen and oxygen atoms in total. The van der Waals surface area contributed by atoms with E-state index in [1.807, 2.05) is 4.90 Å². The lowest BCUT2D eigenvalue weighted by Crippen LogP contribution is -2.47. The average molecular weight is 254 g/mol. The quantitative estimate of drug-likeness (QED) is 0.779. The van der Waals surface area contributed by atoms with Gasteiger partial charge in [-0.2, -0.15) is 0 Å². The highest BCUT2D eigenvalue weighted by atomic mass is 16.3. The van der Waals surface area contributed by atoms with Crippen molar-refractivity contribution in [3.63, 3.8) is 0 Å². The summed E-state index contributed by atoms with van der Waals surface area (Å²) in [5.41, 5.74) is 6.01. The van der Waals surface area contributed by atoms with Gasteiger partial charge in [-0.3, -0.25) is 4.79 Å². The topological polar surface area (TPSA) is 66.6 Å². The van der Waals surface area contributed by atoms with Crippen LogP contribution in [0.25, 0.3) is 0 Å². The van der Waals surface area contributed by atoms with Crippen molar-refractivity contribution in [2.45, 2.75) is 69.4 Å². The molecule has 0 aromatic carbocycles. The molecule has 0 aromatic heterocycles. The van der Waals surface area contributed by atoms with Gasteiger partial charge < -0.3 is 15.7 Å². The van der Waals surface area contributed by atoms with Gasteiger partial charge in [0, 0.05) is 24.5 Å². The molecule has 0 aliphatic heterocycles. The molecule has 2 aliphatic carbocycles. The molecule has 0 aromatic rings. The minimum absolute atomic E-state index is 0.0554. The van der Waals surface area contributed by atoms with Gasteiger partial charge >= 0.3 is 0 Å². The number of aliphatic hydroxyl groups is 1. The zero-order chi connectivity index (χ0) is 13.0. The van der Waals surface area contributed by atoms with E-state index in [4.69, 9.17) is 10.8 Å². The van der Waals surface area contributed by atoms with E-state index in [0.29, 0.717) is 19.0 Å². The van der Waals surface area contributed by atoms with Crippen LogP contribution in [0.1, 0.15) is 57.8 Å². The number of nitrogens with zero attached hydrogens (tertiary/aromatic N) is 1. The number of hydrogen-bond acceptors (Lipinski definition) is 3. The number of nitrogens with two attached hydrogens (primary N) is 1. The van der Waals surface area contributed by atoms with E-state index in [2.05, 4.69) is 0 Å². The maximum absolute atomic E-state index is 12.4. The maximum Gasteiger partial charge on any atom is 0.224 e. The van der Waals surface area contributed by atoms with Gasteiger partial charge in [0.2, 0.25) is 5.91 Å². The Hall–Kier alpha value is -0.610. The Morgan fingerprint density at radius 1 is 1.22 bits per heavy atom. The molecule has 2 rings (SSSR count). The largest absolute Gasteiger partial charge is 0.395 e. The van der Waals surface area contributed by atoms with E-state index in [0.717, 1.165) is 38.5 Å².